The Balaban J connectivity index is 2.17. The third-order valence-electron chi connectivity index (χ3n) is 3.29. The van der Waals surface area contributed by atoms with Crippen molar-refractivity contribution in [3.8, 4) is 0 Å². The van der Waals surface area contributed by atoms with E-state index in [1.165, 1.54) is 0 Å². The van der Waals surface area contributed by atoms with Crippen molar-refractivity contribution >= 4 is 16.9 Å². The van der Waals surface area contributed by atoms with Gasteiger partial charge in [0.25, 0.3) is 0 Å². The number of nitrogens with one attached hydrogen (secondary N) is 3. The SMILES string of the molecule is CNCCC(=O)NC(c1nc2ccccc2[nH]1)C(C)C. The summed E-state index contributed by atoms with van der Waals surface area (Å²) in [5.74, 6) is 1.13. The molecule has 20 heavy (non-hydrogen) atoms. The molecule has 0 aliphatic carbocycles. The van der Waals surface area contributed by atoms with Crippen molar-refractivity contribution in [2.45, 2.75) is 26.3 Å². The number of H-pyrrole nitrogens is 1. The van der Waals surface area contributed by atoms with Crippen molar-refractivity contribution in [1.29, 1.82) is 0 Å². The van der Waals surface area contributed by atoms with Gasteiger partial charge in [-0.1, -0.05) is 26.0 Å². The van der Waals surface area contributed by atoms with E-state index in [0.29, 0.717) is 13.0 Å². The van der Waals surface area contributed by atoms with Crippen LogP contribution in [0.4, 0.5) is 0 Å². The fraction of sp³-hybridized carbons (Fsp3) is 0.467. The first kappa shape index (κ1) is 14.5. The van der Waals surface area contributed by atoms with Crippen LogP contribution in [0.3, 0.4) is 0 Å². The summed E-state index contributed by atoms with van der Waals surface area (Å²) in [4.78, 5) is 19.8. The van der Waals surface area contributed by atoms with Crippen molar-refractivity contribution in [3.05, 3.63) is 30.1 Å². The number of amides is 1. The highest BCUT2D eigenvalue weighted by atomic mass is 16.1. The molecule has 1 aromatic heterocycles. The lowest BCUT2D eigenvalue weighted by Gasteiger charge is -2.20. The third kappa shape index (κ3) is 3.36. The van der Waals surface area contributed by atoms with Crippen LogP contribution in [0.2, 0.25) is 0 Å². The zero-order chi connectivity index (χ0) is 14.5. The van der Waals surface area contributed by atoms with Crippen LogP contribution in [0.25, 0.3) is 11.0 Å². The van der Waals surface area contributed by atoms with Crippen LogP contribution >= 0.6 is 0 Å². The highest BCUT2D eigenvalue weighted by Crippen LogP contribution is 2.22. The highest BCUT2D eigenvalue weighted by Gasteiger charge is 2.21. The topological polar surface area (TPSA) is 69.8 Å². The summed E-state index contributed by atoms with van der Waals surface area (Å²) in [5, 5.41) is 6.03. The van der Waals surface area contributed by atoms with Gasteiger partial charge in [0.2, 0.25) is 5.91 Å². The van der Waals surface area contributed by atoms with Crippen LogP contribution in [-0.2, 0) is 4.79 Å². The number of rotatable bonds is 6. The number of aromatic amines is 1. The maximum absolute atomic E-state index is 11.9. The Morgan fingerprint density at radius 2 is 2.10 bits per heavy atom. The second kappa shape index (κ2) is 6.52. The fourth-order valence-electron chi connectivity index (χ4n) is 2.15. The van der Waals surface area contributed by atoms with E-state index in [1.807, 2.05) is 31.3 Å². The molecule has 5 nitrogen and oxygen atoms in total. The standard InChI is InChI=1S/C15H22N4O/c1-10(2)14(19-13(20)8-9-16-3)15-17-11-6-4-5-7-12(11)18-15/h4-7,10,14,16H,8-9H2,1-3H3,(H,17,18)(H,19,20). The molecule has 0 aliphatic heterocycles. The summed E-state index contributed by atoms with van der Waals surface area (Å²) < 4.78 is 0. The van der Waals surface area contributed by atoms with Gasteiger partial charge in [0.15, 0.2) is 0 Å². The van der Waals surface area contributed by atoms with E-state index in [4.69, 9.17) is 0 Å². The first-order valence-corrected chi connectivity index (χ1v) is 7.00. The molecule has 0 saturated heterocycles. The van der Waals surface area contributed by atoms with Gasteiger partial charge < -0.3 is 15.6 Å². The molecule has 5 heteroatoms. The maximum atomic E-state index is 11.9. The summed E-state index contributed by atoms with van der Waals surface area (Å²) in [5.41, 5.74) is 1.93. The smallest absolute Gasteiger partial charge is 0.221 e. The molecule has 0 spiro atoms. The van der Waals surface area contributed by atoms with E-state index >= 15 is 0 Å². The summed E-state index contributed by atoms with van der Waals surface area (Å²) >= 11 is 0. The minimum atomic E-state index is -0.0910. The average molecular weight is 274 g/mol. The van der Waals surface area contributed by atoms with Gasteiger partial charge in [0.1, 0.15) is 5.82 Å². The average Bonchev–Trinajstić information content (AvgIpc) is 2.85. The predicted octanol–water partition coefficient (Wildman–Crippen LogP) is 1.99. The van der Waals surface area contributed by atoms with Crippen LogP contribution in [-0.4, -0.2) is 29.5 Å². The van der Waals surface area contributed by atoms with Crippen molar-refractivity contribution in [3.63, 3.8) is 0 Å². The molecule has 0 saturated carbocycles. The number of carbonyl (C=O) groups is 1. The van der Waals surface area contributed by atoms with Gasteiger partial charge in [-0.3, -0.25) is 4.79 Å². The van der Waals surface area contributed by atoms with Crippen molar-refractivity contribution < 1.29 is 4.79 Å². The summed E-state index contributed by atoms with van der Waals surface area (Å²) in [6.07, 6.45) is 0.472. The molecule has 1 aromatic carbocycles. The van der Waals surface area contributed by atoms with Gasteiger partial charge in [-0.05, 0) is 25.1 Å². The van der Waals surface area contributed by atoms with E-state index in [9.17, 15) is 4.79 Å². The molecule has 108 valence electrons. The normalized spacial score (nSPS) is 12.8. The quantitative estimate of drug-likeness (QED) is 0.754. The number of imidazole rings is 1. The number of benzene rings is 1. The van der Waals surface area contributed by atoms with Gasteiger partial charge in [-0.15, -0.1) is 0 Å². The Labute approximate surface area is 119 Å². The van der Waals surface area contributed by atoms with Crippen LogP contribution in [0.15, 0.2) is 24.3 Å². The van der Waals surface area contributed by atoms with Crippen molar-refractivity contribution in [2.24, 2.45) is 5.92 Å². The van der Waals surface area contributed by atoms with Crippen LogP contribution < -0.4 is 10.6 Å². The highest BCUT2D eigenvalue weighted by molar-refractivity contribution is 5.77. The molecular weight excluding hydrogens is 252 g/mol. The first-order chi connectivity index (χ1) is 9.61. The predicted molar refractivity (Wildman–Crippen MR) is 80.4 cm³/mol. The molecule has 3 N–H and O–H groups in total. The summed E-state index contributed by atoms with van der Waals surface area (Å²) in [6, 6.07) is 7.80. The number of para-hydroxylation sites is 2. The van der Waals surface area contributed by atoms with Crippen LogP contribution in [0, 0.1) is 5.92 Å². The molecule has 2 aromatic rings. The molecule has 0 bridgehead atoms. The van der Waals surface area contributed by atoms with E-state index in [1.54, 1.807) is 0 Å². The molecule has 1 heterocycles. The maximum Gasteiger partial charge on any atom is 0.221 e. The summed E-state index contributed by atoms with van der Waals surface area (Å²) in [6.45, 7) is 4.84. The molecule has 0 aliphatic rings. The monoisotopic (exact) mass is 274 g/mol. The minimum Gasteiger partial charge on any atom is -0.346 e. The van der Waals surface area contributed by atoms with Crippen molar-refractivity contribution in [1.82, 2.24) is 20.6 Å². The number of aromatic nitrogens is 2. The number of nitrogens with zero attached hydrogens (tertiary/aromatic N) is 1. The Bertz CT molecular complexity index is 543. The second-order valence-corrected chi connectivity index (χ2v) is 5.28. The molecule has 1 amide bonds. The molecule has 0 fully saturated rings. The van der Waals surface area contributed by atoms with Crippen LogP contribution in [0.5, 0.6) is 0 Å². The Morgan fingerprint density at radius 3 is 2.75 bits per heavy atom. The van der Waals surface area contributed by atoms with E-state index in [0.717, 1.165) is 16.9 Å². The van der Waals surface area contributed by atoms with Gasteiger partial charge in [0, 0.05) is 13.0 Å². The first-order valence-electron chi connectivity index (χ1n) is 7.00. The van der Waals surface area contributed by atoms with Gasteiger partial charge in [0.05, 0.1) is 17.1 Å². The molecule has 2 rings (SSSR count). The molecular formula is C15H22N4O. The van der Waals surface area contributed by atoms with Gasteiger partial charge in [-0.2, -0.15) is 0 Å². The van der Waals surface area contributed by atoms with Crippen LogP contribution in [0.1, 0.15) is 32.1 Å². The van der Waals surface area contributed by atoms with Gasteiger partial charge >= 0.3 is 0 Å². The zero-order valence-electron chi connectivity index (χ0n) is 12.2. The molecule has 1 atom stereocenters. The minimum absolute atomic E-state index is 0.0403. The van der Waals surface area contributed by atoms with Crippen molar-refractivity contribution in [2.75, 3.05) is 13.6 Å². The lowest BCUT2D eigenvalue weighted by atomic mass is 10.0. The Hall–Kier alpha value is -1.88. The lowest BCUT2D eigenvalue weighted by Crippen LogP contribution is -2.33. The zero-order valence-corrected chi connectivity index (χ0v) is 12.2. The second-order valence-electron chi connectivity index (χ2n) is 5.28. The van der Waals surface area contributed by atoms with E-state index in [-0.39, 0.29) is 17.9 Å². The Morgan fingerprint density at radius 1 is 1.35 bits per heavy atom. The largest absolute Gasteiger partial charge is 0.346 e. The molecule has 1 unspecified atom stereocenters. The van der Waals surface area contributed by atoms with E-state index in [2.05, 4.69) is 34.4 Å². The Kier molecular flexibility index (Phi) is 4.74. The van der Waals surface area contributed by atoms with Gasteiger partial charge in [-0.25, -0.2) is 4.98 Å². The van der Waals surface area contributed by atoms with E-state index < -0.39 is 0 Å². The summed E-state index contributed by atoms with van der Waals surface area (Å²) in [7, 11) is 1.84. The number of carbonyl (C=O) groups excluding carboxylic acids is 1. The molecule has 0 radical (unpaired) electrons. The number of fused-ring (bicyclic) bond motifs is 1. The fourth-order valence-corrected chi connectivity index (χ4v) is 2.15. The number of hydrogen-bond acceptors (Lipinski definition) is 3. The third-order valence-corrected chi connectivity index (χ3v) is 3.29. The lowest BCUT2D eigenvalue weighted by molar-refractivity contribution is -0.122. The number of hydrogen-bond donors (Lipinski definition) is 3.